The summed E-state index contributed by atoms with van der Waals surface area (Å²) in [5.41, 5.74) is 4.19. The Balaban J connectivity index is 2.04. The van der Waals surface area contributed by atoms with E-state index >= 15 is 0 Å². The van der Waals surface area contributed by atoms with Crippen molar-refractivity contribution < 1.29 is 4.74 Å². The van der Waals surface area contributed by atoms with E-state index in [0.717, 1.165) is 25.9 Å². The first kappa shape index (κ1) is 15.5. The van der Waals surface area contributed by atoms with Crippen molar-refractivity contribution in [3.8, 4) is 0 Å². The van der Waals surface area contributed by atoms with Crippen LogP contribution in [0, 0.1) is 13.8 Å². The van der Waals surface area contributed by atoms with Crippen LogP contribution in [0.3, 0.4) is 0 Å². The summed E-state index contributed by atoms with van der Waals surface area (Å²) in [7, 11) is 0. The quantitative estimate of drug-likeness (QED) is 0.884. The van der Waals surface area contributed by atoms with E-state index in [9.17, 15) is 0 Å². The second-order valence-corrected chi connectivity index (χ2v) is 6.59. The third kappa shape index (κ3) is 3.62. The number of aryl methyl sites for hydroxylation is 2. The molecule has 3 unspecified atom stereocenters. The van der Waals surface area contributed by atoms with Crippen molar-refractivity contribution in [2.75, 3.05) is 6.61 Å². The zero-order valence-electron chi connectivity index (χ0n) is 13.6. The molecule has 2 rings (SSSR count). The third-order valence-electron chi connectivity index (χ3n) is 4.73. The maximum atomic E-state index is 5.93. The molecule has 1 aromatic rings. The van der Waals surface area contributed by atoms with Gasteiger partial charge in [0.25, 0.3) is 0 Å². The Morgan fingerprint density at radius 3 is 2.85 bits per heavy atom. The summed E-state index contributed by atoms with van der Waals surface area (Å²) in [5.74, 6) is 0. The zero-order chi connectivity index (χ0) is 14.8. The largest absolute Gasteiger partial charge is 0.375 e. The van der Waals surface area contributed by atoms with Gasteiger partial charge in [0.1, 0.15) is 0 Å². The van der Waals surface area contributed by atoms with E-state index in [1.807, 2.05) is 0 Å². The molecule has 1 saturated heterocycles. The van der Waals surface area contributed by atoms with Gasteiger partial charge < -0.3 is 10.1 Å². The van der Waals surface area contributed by atoms with Crippen molar-refractivity contribution >= 4 is 0 Å². The number of ether oxygens (including phenoxy) is 1. The summed E-state index contributed by atoms with van der Waals surface area (Å²) < 4.78 is 5.93. The average Bonchev–Trinajstić information content (AvgIpc) is 2.41. The number of benzene rings is 1. The zero-order valence-corrected chi connectivity index (χ0v) is 13.6. The molecular weight excluding hydrogens is 246 g/mol. The lowest BCUT2D eigenvalue weighted by Gasteiger charge is -2.39. The third-order valence-corrected chi connectivity index (χ3v) is 4.73. The number of hydrogen-bond donors (Lipinski definition) is 1. The van der Waals surface area contributed by atoms with Crippen LogP contribution in [0.1, 0.15) is 62.8 Å². The molecule has 1 aliphatic heterocycles. The minimum Gasteiger partial charge on any atom is -0.375 e. The summed E-state index contributed by atoms with van der Waals surface area (Å²) in [6.07, 6.45) is 3.31. The Bertz CT molecular complexity index is 457. The molecule has 20 heavy (non-hydrogen) atoms. The molecule has 1 fully saturated rings. The Morgan fingerprint density at radius 2 is 2.15 bits per heavy atom. The molecule has 0 bridgehead atoms. The van der Waals surface area contributed by atoms with E-state index in [1.54, 1.807) is 0 Å². The van der Waals surface area contributed by atoms with Crippen LogP contribution in [0.4, 0.5) is 0 Å². The molecule has 0 aliphatic carbocycles. The smallest absolute Gasteiger partial charge is 0.0666 e. The summed E-state index contributed by atoms with van der Waals surface area (Å²) in [6.45, 7) is 12.0. The first-order valence-electron chi connectivity index (χ1n) is 7.90. The van der Waals surface area contributed by atoms with Crippen LogP contribution >= 0.6 is 0 Å². The highest BCUT2D eigenvalue weighted by molar-refractivity contribution is 5.32. The van der Waals surface area contributed by atoms with Crippen LogP contribution in [-0.2, 0) is 4.74 Å². The predicted molar refractivity (Wildman–Crippen MR) is 85.1 cm³/mol. The molecule has 2 nitrogen and oxygen atoms in total. The minimum atomic E-state index is 0.0529. The van der Waals surface area contributed by atoms with Crippen LogP contribution in [0.25, 0.3) is 0 Å². The van der Waals surface area contributed by atoms with Gasteiger partial charge in [-0.2, -0.15) is 0 Å². The fourth-order valence-corrected chi connectivity index (χ4v) is 3.19. The molecule has 0 spiro atoms. The molecule has 112 valence electrons. The first-order valence-corrected chi connectivity index (χ1v) is 7.90. The predicted octanol–water partition coefficient (Wildman–Crippen LogP) is 4.30. The molecule has 1 aromatic carbocycles. The molecule has 2 heteroatoms. The topological polar surface area (TPSA) is 21.3 Å². The van der Waals surface area contributed by atoms with Crippen molar-refractivity contribution in [2.24, 2.45) is 0 Å². The summed E-state index contributed by atoms with van der Waals surface area (Å²) in [5, 5.41) is 3.81. The van der Waals surface area contributed by atoms with E-state index in [4.69, 9.17) is 4.74 Å². The van der Waals surface area contributed by atoms with E-state index in [1.165, 1.54) is 16.7 Å². The lowest BCUT2D eigenvalue weighted by atomic mass is 9.89. The highest BCUT2D eigenvalue weighted by Crippen LogP contribution is 2.29. The van der Waals surface area contributed by atoms with Crippen LogP contribution in [-0.4, -0.2) is 18.2 Å². The molecule has 0 saturated carbocycles. The minimum absolute atomic E-state index is 0.0529. The lowest BCUT2D eigenvalue weighted by Crippen LogP contribution is -2.45. The van der Waals surface area contributed by atoms with Gasteiger partial charge in [0, 0.05) is 18.7 Å². The molecule has 1 aliphatic rings. The second-order valence-electron chi connectivity index (χ2n) is 6.59. The molecule has 3 atom stereocenters. The van der Waals surface area contributed by atoms with Gasteiger partial charge in [0.05, 0.1) is 5.60 Å². The molecule has 1 N–H and O–H groups in total. The normalized spacial score (nSPS) is 28.4. The van der Waals surface area contributed by atoms with Crippen LogP contribution in [0.15, 0.2) is 18.2 Å². The number of nitrogens with one attached hydrogen (secondary N) is 1. The maximum absolute atomic E-state index is 5.93. The Labute approximate surface area is 123 Å². The van der Waals surface area contributed by atoms with Gasteiger partial charge >= 0.3 is 0 Å². The van der Waals surface area contributed by atoms with Crippen LogP contribution < -0.4 is 5.32 Å². The van der Waals surface area contributed by atoms with Gasteiger partial charge in [-0.25, -0.2) is 0 Å². The van der Waals surface area contributed by atoms with E-state index < -0.39 is 0 Å². The Hall–Kier alpha value is -0.860. The summed E-state index contributed by atoms with van der Waals surface area (Å²) >= 11 is 0. The van der Waals surface area contributed by atoms with Gasteiger partial charge in [-0.3, -0.25) is 0 Å². The highest BCUT2D eigenvalue weighted by atomic mass is 16.5. The second kappa shape index (κ2) is 6.28. The van der Waals surface area contributed by atoms with Gasteiger partial charge in [-0.1, -0.05) is 30.7 Å². The molecule has 0 amide bonds. The SMILES string of the molecule is CCC1(C)CC(NC(C)c2cc(C)ccc2C)CCO1. The Kier molecular flexibility index (Phi) is 4.87. The fraction of sp³-hybridized carbons (Fsp3) is 0.667. The maximum Gasteiger partial charge on any atom is 0.0666 e. The van der Waals surface area contributed by atoms with Gasteiger partial charge in [-0.05, 0) is 58.1 Å². The fourth-order valence-electron chi connectivity index (χ4n) is 3.19. The monoisotopic (exact) mass is 275 g/mol. The molecule has 1 heterocycles. The molecule has 0 radical (unpaired) electrons. The van der Waals surface area contributed by atoms with Gasteiger partial charge in [0.2, 0.25) is 0 Å². The molecule has 0 aromatic heterocycles. The van der Waals surface area contributed by atoms with Crippen molar-refractivity contribution in [2.45, 2.75) is 71.6 Å². The highest BCUT2D eigenvalue weighted by Gasteiger charge is 2.32. The number of hydrogen-bond acceptors (Lipinski definition) is 2. The van der Waals surface area contributed by atoms with Crippen molar-refractivity contribution in [3.05, 3.63) is 34.9 Å². The van der Waals surface area contributed by atoms with Gasteiger partial charge in [0.15, 0.2) is 0 Å². The average molecular weight is 275 g/mol. The Morgan fingerprint density at radius 1 is 1.40 bits per heavy atom. The van der Waals surface area contributed by atoms with Crippen molar-refractivity contribution in [3.63, 3.8) is 0 Å². The van der Waals surface area contributed by atoms with E-state index in [0.29, 0.717) is 12.1 Å². The van der Waals surface area contributed by atoms with Crippen molar-refractivity contribution in [1.82, 2.24) is 5.32 Å². The van der Waals surface area contributed by atoms with Crippen LogP contribution in [0.2, 0.25) is 0 Å². The van der Waals surface area contributed by atoms with Gasteiger partial charge in [-0.15, -0.1) is 0 Å². The first-order chi connectivity index (χ1) is 9.43. The molecular formula is C18H29NO. The van der Waals surface area contributed by atoms with Crippen LogP contribution in [0.5, 0.6) is 0 Å². The van der Waals surface area contributed by atoms with E-state index in [2.05, 4.69) is 58.1 Å². The van der Waals surface area contributed by atoms with E-state index in [-0.39, 0.29) is 5.60 Å². The summed E-state index contributed by atoms with van der Waals surface area (Å²) in [6, 6.07) is 7.69. The lowest BCUT2D eigenvalue weighted by molar-refractivity contribution is -0.0789. The standard InChI is InChI=1S/C18H29NO/c1-6-18(5)12-16(9-10-20-18)19-15(4)17-11-13(2)7-8-14(17)3/h7-8,11,15-16,19H,6,9-10,12H2,1-5H3. The summed E-state index contributed by atoms with van der Waals surface area (Å²) in [4.78, 5) is 0. The number of rotatable bonds is 4. The van der Waals surface area contributed by atoms with Crippen molar-refractivity contribution in [1.29, 1.82) is 0 Å².